The average molecular weight is 485 g/mol. The van der Waals surface area contributed by atoms with Gasteiger partial charge in [0.1, 0.15) is 11.4 Å². The van der Waals surface area contributed by atoms with Gasteiger partial charge in [0, 0.05) is 6.42 Å². The van der Waals surface area contributed by atoms with Gasteiger partial charge in [0.2, 0.25) is 5.60 Å². The summed E-state index contributed by atoms with van der Waals surface area (Å²) in [4.78, 5) is 26.0. The Bertz CT molecular complexity index is 882. The molecule has 4 rings (SSSR count). The molecule has 32 heavy (non-hydrogen) atoms. The van der Waals surface area contributed by atoms with E-state index in [0.29, 0.717) is 39.0 Å². The molecular weight excluding hydrogens is 453 g/mol. The number of ether oxygens (including phenoxy) is 2. The van der Waals surface area contributed by atoms with E-state index in [1.54, 1.807) is 13.8 Å². The van der Waals surface area contributed by atoms with Gasteiger partial charge >= 0.3 is 18.1 Å². The number of hydrogen-bond donors (Lipinski definition) is 1. The molecule has 0 aromatic carbocycles. The maximum atomic E-state index is 13.7. The molecule has 4 aliphatic carbocycles. The fourth-order valence-electron chi connectivity index (χ4n) is 5.85. The monoisotopic (exact) mass is 484 g/mol. The van der Waals surface area contributed by atoms with Gasteiger partial charge in [-0.15, -0.1) is 0 Å². The van der Waals surface area contributed by atoms with Crippen LogP contribution in [0, 0.1) is 22.7 Å². The minimum atomic E-state index is -5.21. The van der Waals surface area contributed by atoms with Crippen molar-refractivity contribution in [2.24, 2.45) is 22.7 Å². The van der Waals surface area contributed by atoms with Crippen molar-refractivity contribution in [2.45, 2.75) is 90.0 Å². The van der Waals surface area contributed by atoms with E-state index in [0.717, 1.165) is 6.42 Å². The smallest absolute Gasteiger partial charge is 0.429 e. The van der Waals surface area contributed by atoms with Crippen LogP contribution in [0.3, 0.4) is 0 Å². The molecule has 11 heteroatoms. The molecule has 0 radical (unpaired) electrons. The molecule has 0 saturated heterocycles. The highest BCUT2D eigenvalue weighted by Gasteiger charge is 2.65. The first-order valence-electron chi connectivity index (χ1n) is 10.8. The summed E-state index contributed by atoms with van der Waals surface area (Å²) in [6.45, 7) is 5.81. The van der Waals surface area contributed by atoms with E-state index in [1.165, 1.54) is 0 Å². The highest BCUT2D eigenvalue weighted by Crippen LogP contribution is 2.63. The van der Waals surface area contributed by atoms with E-state index < -0.39 is 56.0 Å². The molecule has 7 nitrogen and oxygen atoms in total. The lowest BCUT2D eigenvalue weighted by molar-refractivity contribution is -0.268. The molecule has 0 aliphatic heterocycles. The topological polar surface area (TPSA) is 107 Å². The summed E-state index contributed by atoms with van der Waals surface area (Å²) in [6.07, 6.45) is -2.11. The lowest BCUT2D eigenvalue weighted by atomic mass is 9.48. The zero-order valence-corrected chi connectivity index (χ0v) is 19.6. The highest BCUT2D eigenvalue weighted by atomic mass is 32.2. The molecule has 0 amide bonds. The summed E-state index contributed by atoms with van der Waals surface area (Å²) in [6, 6.07) is 0. The number of alkyl halides is 3. The number of rotatable bonds is 7. The summed E-state index contributed by atoms with van der Waals surface area (Å²) >= 11 is 0. The second kappa shape index (κ2) is 7.58. The molecule has 3 atom stereocenters. The van der Waals surface area contributed by atoms with Crippen molar-refractivity contribution in [3.63, 3.8) is 0 Å². The molecule has 1 N–H and O–H groups in total. The van der Waals surface area contributed by atoms with Gasteiger partial charge in [0.05, 0.1) is 10.8 Å². The van der Waals surface area contributed by atoms with Crippen LogP contribution in [0.5, 0.6) is 0 Å². The van der Waals surface area contributed by atoms with Gasteiger partial charge in [0.25, 0.3) is 10.1 Å². The molecule has 3 unspecified atom stereocenters. The molecule has 184 valence electrons. The quantitative estimate of drug-likeness (QED) is 0.429. The fraction of sp³-hybridized carbons (Fsp3) is 0.905. The Morgan fingerprint density at radius 3 is 2.03 bits per heavy atom. The maximum Gasteiger partial charge on any atom is 0.429 e. The Kier molecular flexibility index (Phi) is 5.98. The van der Waals surface area contributed by atoms with E-state index in [1.807, 2.05) is 6.92 Å². The van der Waals surface area contributed by atoms with Crippen LogP contribution in [0.25, 0.3) is 0 Å². The summed E-state index contributed by atoms with van der Waals surface area (Å²) in [5.41, 5.74) is -6.35. The van der Waals surface area contributed by atoms with Gasteiger partial charge < -0.3 is 9.47 Å². The van der Waals surface area contributed by atoms with Gasteiger partial charge in [-0.3, -0.25) is 14.1 Å². The first-order valence-corrected chi connectivity index (χ1v) is 12.4. The fourth-order valence-corrected chi connectivity index (χ4v) is 6.76. The Hall–Kier alpha value is -1.36. The summed E-state index contributed by atoms with van der Waals surface area (Å²) in [7, 11) is -5.08. The van der Waals surface area contributed by atoms with Gasteiger partial charge in [-0.25, -0.2) is 0 Å². The number of esters is 2. The van der Waals surface area contributed by atoms with Crippen LogP contribution in [0.4, 0.5) is 13.2 Å². The van der Waals surface area contributed by atoms with Crippen molar-refractivity contribution >= 4 is 22.1 Å². The van der Waals surface area contributed by atoms with E-state index in [9.17, 15) is 31.2 Å². The second-order valence-corrected chi connectivity index (χ2v) is 12.3. The first-order chi connectivity index (χ1) is 14.3. The third kappa shape index (κ3) is 4.64. The molecule has 0 heterocycles. The van der Waals surface area contributed by atoms with Gasteiger partial charge in [-0.1, -0.05) is 6.92 Å². The zero-order valence-electron chi connectivity index (χ0n) is 18.8. The molecule has 0 aromatic rings. The SMILES string of the molecule is CCC(C)(C)C(=O)OC12CC3CC(C1)CC(C(=O)OC(C)(CS(=O)(=O)O)C(F)(F)F)(C3)C2. The first kappa shape index (κ1) is 25.3. The van der Waals surface area contributed by atoms with Crippen LogP contribution in [-0.4, -0.2) is 48.0 Å². The van der Waals surface area contributed by atoms with E-state index >= 15 is 0 Å². The number of carbonyl (C=O) groups is 2. The predicted octanol–water partition coefficient (Wildman–Crippen LogP) is 4.06. The predicted molar refractivity (Wildman–Crippen MR) is 107 cm³/mol. The lowest BCUT2D eigenvalue weighted by Gasteiger charge is -2.60. The van der Waals surface area contributed by atoms with E-state index in [4.69, 9.17) is 14.0 Å². The second-order valence-electron chi connectivity index (χ2n) is 10.9. The lowest BCUT2D eigenvalue weighted by Crippen LogP contribution is -2.62. The summed E-state index contributed by atoms with van der Waals surface area (Å²) in [5, 5.41) is 0. The Morgan fingerprint density at radius 2 is 1.59 bits per heavy atom. The van der Waals surface area contributed by atoms with Gasteiger partial charge in [0.15, 0.2) is 0 Å². The van der Waals surface area contributed by atoms with Crippen molar-refractivity contribution in [2.75, 3.05) is 5.75 Å². The Balaban J connectivity index is 1.89. The number of hydrogen-bond acceptors (Lipinski definition) is 6. The van der Waals surface area contributed by atoms with Crippen LogP contribution in [0.1, 0.15) is 72.6 Å². The highest BCUT2D eigenvalue weighted by molar-refractivity contribution is 7.85. The average Bonchev–Trinajstić information content (AvgIpc) is 2.57. The van der Waals surface area contributed by atoms with E-state index in [2.05, 4.69) is 0 Å². The third-order valence-corrected chi connectivity index (χ3v) is 8.48. The van der Waals surface area contributed by atoms with Crippen LogP contribution < -0.4 is 0 Å². The minimum absolute atomic E-state index is 0.0000519. The molecule has 0 spiro atoms. The van der Waals surface area contributed by atoms with Gasteiger partial charge in [-0.05, 0) is 71.1 Å². The Labute approximate surface area is 186 Å². The molecule has 4 fully saturated rings. The Morgan fingerprint density at radius 1 is 1.06 bits per heavy atom. The van der Waals surface area contributed by atoms with Crippen molar-refractivity contribution in [1.29, 1.82) is 0 Å². The van der Waals surface area contributed by atoms with Crippen molar-refractivity contribution in [1.82, 2.24) is 0 Å². The maximum absolute atomic E-state index is 13.7. The van der Waals surface area contributed by atoms with Gasteiger partial charge in [-0.2, -0.15) is 21.6 Å². The third-order valence-electron chi connectivity index (χ3n) is 7.56. The van der Waals surface area contributed by atoms with Crippen LogP contribution in [0.15, 0.2) is 0 Å². The zero-order chi connectivity index (χ0) is 24.4. The van der Waals surface area contributed by atoms with Crippen molar-refractivity contribution in [3.8, 4) is 0 Å². The van der Waals surface area contributed by atoms with Crippen LogP contribution in [-0.2, 0) is 29.2 Å². The van der Waals surface area contributed by atoms with Crippen molar-refractivity contribution in [3.05, 3.63) is 0 Å². The van der Waals surface area contributed by atoms with Crippen LogP contribution in [0.2, 0.25) is 0 Å². The largest absolute Gasteiger partial charge is 0.459 e. The van der Waals surface area contributed by atoms with Crippen LogP contribution >= 0.6 is 0 Å². The minimum Gasteiger partial charge on any atom is -0.459 e. The normalized spacial score (nSPS) is 34.1. The number of carbonyl (C=O) groups excluding carboxylic acids is 2. The molecular formula is C21H31F3O7S. The molecule has 0 aromatic heterocycles. The standard InChI is InChI=1S/C21H31F3O7S/c1-5-17(2,3)15(25)31-20-9-13-6-14(10-20)8-19(7-13,11-20)16(26)30-18(4,21(22,23)24)12-32(27,28)29/h13-14H,5-12H2,1-4H3,(H,27,28,29). The molecule has 4 aliphatic rings. The molecule has 4 bridgehead atoms. The van der Waals surface area contributed by atoms with Crippen molar-refractivity contribution < 1.29 is 45.2 Å². The summed E-state index contributed by atoms with van der Waals surface area (Å²) < 4.78 is 83.3. The molecule has 4 saturated carbocycles. The number of halogens is 3. The van der Waals surface area contributed by atoms with E-state index in [-0.39, 0.29) is 18.3 Å². The summed E-state index contributed by atoms with van der Waals surface area (Å²) in [5.74, 6) is -3.34.